The van der Waals surface area contributed by atoms with Gasteiger partial charge in [0.25, 0.3) is 0 Å². The Kier molecular flexibility index (Phi) is 5.07. The van der Waals surface area contributed by atoms with Crippen LogP contribution in [0.1, 0.15) is 5.56 Å². The molecule has 4 aromatic rings. The fourth-order valence-electron chi connectivity index (χ4n) is 4.03. The summed E-state index contributed by atoms with van der Waals surface area (Å²) >= 11 is 0. The molecule has 1 saturated heterocycles. The molecule has 0 unspecified atom stereocenters. The Morgan fingerprint density at radius 1 is 1.09 bits per heavy atom. The molecule has 0 atom stereocenters. The number of piperazine rings is 1. The molecule has 1 aliphatic heterocycles. The van der Waals surface area contributed by atoms with Crippen molar-refractivity contribution < 1.29 is 8.42 Å². The van der Waals surface area contributed by atoms with Crippen LogP contribution in [0.3, 0.4) is 0 Å². The molecule has 5 rings (SSSR count). The largest absolute Gasteiger partial charge is 0.352 e. The average molecular weight is 464 g/mol. The smallest absolute Gasteiger partial charge is 0.243 e. The summed E-state index contributed by atoms with van der Waals surface area (Å²) in [5.74, 6) is 1.41. The minimum absolute atomic E-state index is 0.130. The lowest BCUT2D eigenvalue weighted by molar-refractivity contribution is 0.384. The van der Waals surface area contributed by atoms with E-state index in [0.717, 1.165) is 11.4 Å². The predicted molar refractivity (Wildman–Crippen MR) is 121 cm³/mol. The van der Waals surface area contributed by atoms with Gasteiger partial charge in [0.05, 0.1) is 28.3 Å². The molecule has 1 aliphatic rings. The fraction of sp³-hybridized carbons (Fsp3) is 0.286. The molecule has 0 bridgehead atoms. The molecule has 0 radical (unpaired) electrons. The summed E-state index contributed by atoms with van der Waals surface area (Å²) in [5, 5.41) is 13.3. The van der Waals surface area contributed by atoms with Crippen molar-refractivity contribution in [1.29, 1.82) is 5.26 Å². The van der Waals surface area contributed by atoms with Crippen molar-refractivity contribution in [3.05, 3.63) is 48.5 Å². The van der Waals surface area contributed by atoms with Gasteiger partial charge in [-0.2, -0.15) is 14.7 Å². The second-order valence-electron chi connectivity index (χ2n) is 7.80. The zero-order chi connectivity index (χ0) is 23.2. The van der Waals surface area contributed by atoms with Crippen molar-refractivity contribution in [3.63, 3.8) is 0 Å². The molecule has 0 saturated carbocycles. The molecule has 168 valence electrons. The summed E-state index contributed by atoms with van der Waals surface area (Å²) in [5.41, 5.74) is 2.55. The molecule has 0 amide bonds. The maximum atomic E-state index is 13.1. The van der Waals surface area contributed by atoms with E-state index in [4.69, 9.17) is 10.2 Å². The van der Waals surface area contributed by atoms with Crippen molar-refractivity contribution in [2.24, 2.45) is 14.1 Å². The first-order valence-corrected chi connectivity index (χ1v) is 11.7. The lowest BCUT2D eigenvalue weighted by atomic mass is 10.2. The van der Waals surface area contributed by atoms with Gasteiger partial charge < -0.3 is 9.47 Å². The van der Waals surface area contributed by atoms with E-state index >= 15 is 0 Å². The Bertz CT molecular complexity index is 1490. The van der Waals surface area contributed by atoms with Gasteiger partial charge in [-0.15, -0.1) is 0 Å². The number of imidazole rings is 1. The zero-order valence-corrected chi connectivity index (χ0v) is 18.9. The topological polar surface area (TPSA) is 126 Å². The average Bonchev–Trinajstić information content (AvgIpc) is 3.42. The van der Waals surface area contributed by atoms with E-state index in [1.165, 1.54) is 22.8 Å². The number of nitriles is 1. The number of hydrogen-bond donors (Lipinski definition) is 0. The molecule has 12 heteroatoms. The summed E-state index contributed by atoms with van der Waals surface area (Å²) in [4.78, 5) is 15.8. The van der Waals surface area contributed by atoms with Gasteiger partial charge in [-0.1, -0.05) is 6.07 Å². The van der Waals surface area contributed by atoms with E-state index in [0.29, 0.717) is 48.7 Å². The van der Waals surface area contributed by atoms with E-state index in [9.17, 15) is 8.42 Å². The van der Waals surface area contributed by atoms with Crippen LogP contribution in [-0.2, 0) is 24.1 Å². The van der Waals surface area contributed by atoms with Crippen molar-refractivity contribution in [2.45, 2.75) is 4.90 Å². The first-order valence-electron chi connectivity index (χ1n) is 10.3. The van der Waals surface area contributed by atoms with Gasteiger partial charge in [-0.05, 0) is 18.2 Å². The van der Waals surface area contributed by atoms with E-state index in [1.807, 2.05) is 35.8 Å². The lowest BCUT2D eigenvalue weighted by Gasteiger charge is -2.34. The van der Waals surface area contributed by atoms with Crippen molar-refractivity contribution in [1.82, 2.24) is 33.6 Å². The third kappa shape index (κ3) is 3.61. The van der Waals surface area contributed by atoms with Crippen LogP contribution in [0.2, 0.25) is 0 Å². The SMILES string of the molecule is Cn1cc(-c2nc3c(N4CCN(S(=O)(=O)c5cccc(C#N)c5)CC4)ncnc3n2C)cn1. The van der Waals surface area contributed by atoms with Crippen LogP contribution in [0.4, 0.5) is 5.82 Å². The molecule has 3 aromatic heterocycles. The molecule has 0 N–H and O–H groups in total. The van der Waals surface area contributed by atoms with Crippen LogP contribution in [-0.4, -0.2) is 68.2 Å². The number of aryl methyl sites for hydroxylation is 2. The highest BCUT2D eigenvalue weighted by atomic mass is 32.2. The number of anilines is 1. The molecule has 11 nitrogen and oxygen atoms in total. The molecular formula is C21H21N9O2S. The highest BCUT2D eigenvalue weighted by molar-refractivity contribution is 7.89. The molecular weight excluding hydrogens is 442 g/mol. The van der Waals surface area contributed by atoms with Crippen LogP contribution in [0.5, 0.6) is 0 Å². The van der Waals surface area contributed by atoms with E-state index < -0.39 is 10.0 Å². The quantitative estimate of drug-likeness (QED) is 0.441. The van der Waals surface area contributed by atoms with Gasteiger partial charge in [0.15, 0.2) is 17.0 Å². The Hall–Kier alpha value is -3.82. The summed E-state index contributed by atoms with van der Waals surface area (Å²) in [7, 11) is 0.0606. The van der Waals surface area contributed by atoms with Crippen LogP contribution in [0.25, 0.3) is 22.6 Å². The van der Waals surface area contributed by atoms with Crippen LogP contribution in [0, 0.1) is 11.3 Å². The third-order valence-electron chi connectivity index (χ3n) is 5.74. The van der Waals surface area contributed by atoms with Gasteiger partial charge in [0, 0.05) is 46.5 Å². The monoisotopic (exact) mass is 463 g/mol. The fourth-order valence-corrected chi connectivity index (χ4v) is 5.50. The molecule has 4 heterocycles. The third-order valence-corrected chi connectivity index (χ3v) is 7.63. The van der Waals surface area contributed by atoms with Crippen molar-refractivity contribution in [2.75, 3.05) is 31.1 Å². The number of benzene rings is 1. The van der Waals surface area contributed by atoms with Gasteiger partial charge in [-0.25, -0.2) is 23.4 Å². The van der Waals surface area contributed by atoms with Crippen LogP contribution >= 0.6 is 0 Å². The maximum Gasteiger partial charge on any atom is 0.243 e. The number of hydrogen-bond acceptors (Lipinski definition) is 8. The summed E-state index contributed by atoms with van der Waals surface area (Å²) in [6.45, 7) is 1.52. The van der Waals surface area contributed by atoms with Gasteiger partial charge in [0.2, 0.25) is 10.0 Å². The minimum atomic E-state index is -3.69. The summed E-state index contributed by atoms with van der Waals surface area (Å²) < 4.78 is 31.2. The van der Waals surface area contributed by atoms with E-state index in [2.05, 4.69) is 15.1 Å². The van der Waals surface area contributed by atoms with Gasteiger partial charge in [0.1, 0.15) is 12.2 Å². The van der Waals surface area contributed by atoms with Crippen molar-refractivity contribution >= 4 is 27.0 Å². The Morgan fingerprint density at radius 3 is 2.58 bits per heavy atom. The first-order chi connectivity index (χ1) is 15.9. The Labute approximate surface area is 190 Å². The molecule has 0 aliphatic carbocycles. The first kappa shape index (κ1) is 21.0. The highest BCUT2D eigenvalue weighted by Crippen LogP contribution is 2.28. The minimum Gasteiger partial charge on any atom is -0.352 e. The Morgan fingerprint density at radius 2 is 1.88 bits per heavy atom. The number of fused-ring (bicyclic) bond motifs is 1. The normalized spacial score (nSPS) is 15.1. The highest BCUT2D eigenvalue weighted by Gasteiger charge is 2.30. The zero-order valence-electron chi connectivity index (χ0n) is 18.1. The predicted octanol–water partition coefficient (Wildman–Crippen LogP) is 1.15. The molecule has 0 spiro atoms. The Balaban J connectivity index is 1.41. The maximum absolute atomic E-state index is 13.1. The van der Waals surface area contributed by atoms with Gasteiger partial charge >= 0.3 is 0 Å². The standard InChI is InChI=1S/C21H21N9O2S/c1-27-13-16(12-25-27)19-26-18-20(28(19)2)23-14-24-21(18)29-6-8-30(9-7-29)33(31,32)17-5-3-4-15(10-17)11-22/h3-5,10,12-14H,6-9H2,1-2H3. The number of rotatable bonds is 4. The van der Waals surface area contributed by atoms with E-state index in [-0.39, 0.29) is 4.90 Å². The lowest BCUT2D eigenvalue weighted by Crippen LogP contribution is -2.49. The number of nitrogens with zero attached hydrogens (tertiary/aromatic N) is 9. The molecule has 33 heavy (non-hydrogen) atoms. The van der Waals surface area contributed by atoms with Crippen LogP contribution < -0.4 is 4.90 Å². The van der Waals surface area contributed by atoms with Gasteiger partial charge in [-0.3, -0.25) is 4.68 Å². The number of sulfonamides is 1. The summed E-state index contributed by atoms with van der Waals surface area (Å²) in [6, 6.07) is 8.08. The number of aromatic nitrogens is 6. The van der Waals surface area contributed by atoms with Crippen molar-refractivity contribution in [3.8, 4) is 17.5 Å². The molecule has 1 aromatic carbocycles. The van der Waals surface area contributed by atoms with Crippen LogP contribution in [0.15, 0.2) is 47.9 Å². The molecule has 1 fully saturated rings. The second kappa shape index (κ2) is 7.95. The van der Waals surface area contributed by atoms with E-state index in [1.54, 1.807) is 23.0 Å². The summed E-state index contributed by atoms with van der Waals surface area (Å²) in [6.07, 6.45) is 5.14. The second-order valence-corrected chi connectivity index (χ2v) is 9.74.